The van der Waals surface area contributed by atoms with E-state index >= 15 is 0 Å². The van der Waals surface area contributed by atoms with Crippen LogP contribution in [-0.2, 0) is 6.54 Å². The van der Waals surface area contributed by atoms with Gasteiger partial charge in [0, 0.05) is 29.2 Å². The molecule has 0 saturated heterocycles. The highest BCUT2D eigenvalue weighted by Gasteiger charge is 2.10. The van der Waals surface area contributed by atoms with Gasteiger partial charge in [0.1, 0.15) is 0 Å². The summed E-state index contributed by atoms with van der Waals surface area (Å²) in [7, 11) is 0. The van der Waals surface area contributed by atoms with E-state index < -0.39 is 5.97 Å². The molecule has 0 radical (unpaired) electrons. The van der Waals surface area contributed by atoms with E-state index in [0.29, 0.717) is 10.9 Å². The summed E-state index contributed by atoms with van der Waals surface area (Å²) < 4.78 is 1.98. The zero-order valence-electron chi connectivity index (χ0n) is 9.51. The Morgan fingerprint density at radius 1 is 1.47 bits per heavy atom. The van der Waals surface area contributed by atoms with Crippen LogP contribution in [0, 0.1) is 0 Å². The Balaban J connectivity index is 2.67. The lowest BCUT2D eigenvalue weighted by atomic mass is 10.1. The third-order valence-corrected chi connectivity index (χ3v) is 2.75. The number of fused-ring (bicyclic) bond motifs is 1. The van der Waals surface area contributed by atoms with E-state index in [1.807, 2.05) is 4.57 Å². The standard InChI is InChI=1S/C13H13NO3/c1-2-5-14-7-10(8-15)11-6-9(13(16)17)3-4-12(11)14/h3-4,6-8H,2,5H2,1H3,(H,16,17). The van der Waals surface area contributed by atoms with E-state index in [0.717, 1.165) is 24.8 Å². The van der Waals surface area contributed by atoms with Gasteiger partial charge in [-0.3, -0.25) is 4.79 Å². The van der Waals surface area contributed by atoms with Gasteiger partial charge in [0.05, 0.1) is 5.56 Å². The fraction of sp³-hybridized carbons (Fsp3) is 0.231. The fourth-order valence-electron chi connectivity index (χ4n) is 1.98. The monoisotopic (exact) mass is 231 g/mol. The summed E-state index contributed by atoms with van der Waals surface area (Å²) in [5.74, 6) is -0.980. The number of rotatable bonds is 4. The maximum atomic E-state index is 11.0. The molecule has 0 aliphatic heterocycles. The molecule has 0 fully saturated rings. The van der Waals surface area contributed by atoms with Gasteiger partial charge in [-0.25, -0.2) is 4.79 Å². The molecule has 0 aliphatic rings. The lowest BCUT2D eigenvalue weighted by Gasteiger charge is -2.02. The minimum absolute atomic E-state index is 0.204. The first kappa shape index (κ1) is 11.4. The summed E-state index contributed by atoms with van der Waals surface area (Å²) in [6.07, 6.45) is 3.50. The summed E-state index contributed by atoms with van der Waals surface area (Å²) in [5.41, 5.74) is 1.64. The van der Waals surface area contributed by atoms with Crippen molar-refractivity contribution in [3.8, 4) is 0 Å². The molecule has 0 saturated carbocycles. The predicted octanol–water partition coefficient (Wildman–Crippen LogP) is 2.56. The Morgan fingerprint density at radius 2 is 2.24 bits per heavy atom. The second kappa shape index (κ2) is 4.41. The van der Waals surface area contributed by atoms with E-state index in [1.54, 1.807) is 24.4 Å². The molecule has 1 heterocycles. The van der Waals surface area contributed by atoms with Crippen LogP contribution in [0.25, 0.3) is 10.9 Å². The molecule has 88 valence electrons. The largest absolute Gasteiger partial charge is 0.478 e. The smallest absolute Gasteiger partial charge is 0.335 e. The number of nitrogens with zero attached hydrogens (tertiary/aromatic N) is 1. The molecule has 2 rings (SSSR count). The fourth-order valence-corrected chi connectivity index (χ4v) is 1.98. The molecular formula is C13H13NO3. The van der Waals surface area contributed by atoms with Gasteiger partial charge in [0.2, 0.25) is 0 Å². The second-order valence-corrected chi connectivity index (χ2v) is 3.93. The van der Waals surface area contributed by atoms with Gasteiger partial charge in [0.25, 0.3) is 0 Å². The van der Waals surface area contributed by atoms with Crippen molar-refractivity contribution in [1.82, 2.24) is 4.57 Å². The van der Waals surface area contributed by atoms with E-state index in [1.165, 1.54) is 0 Å². The van der Waals surface area contributed by atoms with E-state index in [2.05, 4.69) is 6.92 Å². The third kappa shape index (κ3) is 1.93. The van der Waals surface area contributed by atoms with Gasteiger partial charge in [-0.2, -0.15) is 0 Å². The molecule has 0 spiro atoms. The summed E-state index contributed by atoms with van der Waals surface area (Å²) in [4.78, 5) is 21.8. The Bertz CT molecular complexity index is 584. The van der Waals surface area contributed by atoms with Crippen molar-refractivity contribution in [2.45, 2.75) is 19.9 Å². The molecule has 1 aromatic heterocycles. The average Bonchev–Trinajstić information content (AvgIpc) is 2.67. The van der Waals surface area contributed by atoms with Crippen LogP contribution in [0.5, 0.6) is 0 Å². The third-order valence-electron chi connectivity index (χ3n) is 2.75. The molecule has 0 unspecified atom stereocenters. The van der Waals surface area contributed by atoms with Crippen LogP contribution in [0.4, 0.5) is 0 Å². The molecule has 1 N–H and O–H groups in total. The minimum Gasteiger partial charge on any atom is -0.478 e. The van der Waals surface area contributed by atoms with E-state index in [4.69, 9.17) is 5.11 Å². The number of carboxylic acid groups (broad SMARTS) is 1. The van der Waals surface area contributed by atoms with Crippen LogP contribution >= 0.6 is 0 Å². The van der Waals surface area contributed by atoms with Crippen LogP contribution in [0.1, 0.15) is 34.1 Å². The lowest BCUT2D eigenvalue weighted by molar-refractivity contribution is 0.0697. The Labute approximate surface area is 98.5 Å². The van der Waals surface area contributed by atoms with Gasteiger partial charge in [-0.15, -0.1) is 0 Å². The number of carbonyl (C=O) groups excluding carboxylic acids is 1. The minimum atomic E-state index is -0.980. The Morgan fingerprint density at radius 3 is 2.82 bits per heavy atom. The van der Waals surface area contributed by atoms with Gasteiger partial charge < -0.3 is 9.67 Å². The second-order valence-electron chi connectivity index (χ2n) is 3.93. The average molecular weight is 231 g/mol. The first-order chi connectivity index (χ1) is 8.17. The highest BCUT2D eigenvalue weighted by Crippen LogP contribution is 2.22. The molecule has 4 heteroatoms. The van der Waals surface area contributed by atoms with Gasteiger partial charge in [-0.05, 0) is 24.6 Å². The quantitative estimate of drug-likeness (QED) is 0.822. The molecule has 17 heavy (non-hydrogen) atoms. The number of carboxylic acids is 1. The van der Waals surface area contributed by atoms with Crippen molar-refractivity contribution in [3.05, 3.63) is 35.5 Å². The molecule has 0 amide bonds. The lowest BCUT2D eigenvalue weighted by Crippen LogP contribution is -1.97. The zero-order valence-corrected chi connectivity index (χ0v) is 9.51. The number of aldehydes is 1. The molecule has 0 aliphatic carbocycles. The van der Waals surface area contributed by atoms with E-state index in [9.17, 15) is 9.59 Å². The number of carbonyl (C=O) groups is 2. The maximum absolute atomic E-state index is 11.0. The van der Waals surface area contributed by atoms with Crippen LogP contribution in [0.3, 0.4) is 0 Å². The van der Waals surface area contributed by atoms with Gasteiger partial charge in [-0.1, -0.05) is 6.92 Å². The van der Waals surface area contributed by atoms with Crippen molar-refractivity contribution < 1.29 is 14.7 Å². The summed E-state index contributed by atoms with van der Waals surface area (Å²) in [6, 6.07) is 4.86. The Kier molecular flexibility index (Phi) is 2.95. The number of aromatic carboxylic acids is 1. The van der Waals surface area contributed by atoms with Crippen LogP contribution in [-0.4, -0.2) is 21.9 Å². The number of benzene rings is 1. The zero-order chi connectivity index (χ0) is 12.4. The van der Waals surface area contributed by atoms with Crippen molar-refractivity contribution in [1.29, 1.82) is 0 Å². The highest BCUT2D eigenvalue weighted by molar-refractivity contribution is 6.01. The van der Waals surface area contributed by atoms with Crippen LogP contribution in [0.2, 0.25) is 0 Å². The molecule has 2 aromatic rings. The first-order valence-corrected chi connectivity index (χ1v) is 5.48. The molecule has 4 nitrogen and oxygen atoms in total. The number of hydrogen-bond acceptors (Lipinski definition) is 2. The first-order valence-electron chi connectivity index (χ1n) is 5.48. The summed E-state index contributed by atoms with van der Waals surface area (Å²) >= 11 is 0. The van der Waals surface area contributed by atoms with E-state index in [-0.39, 0.29) is 5.56 Å². The number of aryl methyl sites for hydroxylation is 1. The van der Waals surface area contributed by atoms with Crippen LogP contribution < -0.4 is 0 Å². The van der Waals surface area contributed by atoms with Gasteiger partial charge >= 0.3 is 5.97 Å². The maximum Gasteiger partial charge on any atom is 0.335 e. The van der Waals surface area contributed by atoms with Crippen molar-refractivity contribution in [2.24, 2.45) is 0 Å². The summed E-state index contributed by atoms with van der Waals surface area (Å²) in [6.45, 7) is 2.87. The van der Waals surface area contributed by atoms with Crippen molar-refractivity contribution >= 4 is 23.2 Å². The highest BCUT2D eigenvalue weighted by atomic mass is 16.4. The molecule has 0 bridgehead atoms. The predicted molar refractivity (Wildman–Crippen MR) is 64.6 cm³/mol. The van der Waals surface area contributed by atoms with Gasteiger partial charge in [0.15, 0.2) is 6.29 Å². The normalized spacial score (nSPS) is 10.6. The Hall–Kier alpha value is -2.10. The molecule has 0 atom stereocenters. The summed E-state index contributed by atoms with van der Waals surface area (Å²) in [5, 5.41) is 9.63. The number of aromatic nitrogens is 1. The van der Waals surface area contributed by atoms with Crippen LogP contribution in [0.15, 0.2) is 24.4 Å². The molecular weight excluding hydrogens is 218 g/mol. The molecule has 1 aromatic carbocycles. The topological polar surface area (TPSA) is 59.3 Å². The van der Waals surface area contributed by atoms with Crippen molar-refractivity contribution in [3.63, 3.8) is 0 Å². The number of hydrogen-bond donors (Lipinski definition) is 1. The van der Waals surface area contributed by atoms with Crippen molar-refractivity contribution in [2.75, 3.05) is 0 Å². The SMILES string of the molecule is CCCn1cc(C=O)c2cc(C(=O)O)ccc21.